The molecule has 1 amide bonds. The van der Waals surface area contributed by atoms with E-state index in [-0.39, 0.29) is 6.61 Å². The molecule has 0 aromatic rings. The molecular weight excluding hydrogens is 823 g/mol. The number of hydrogen-bond donors (Lipinski definition) is 4. The molecule has 0 saturated heterocycles. The lowest BCUT2D eigenvalue weighted by molar-refractivity contribution is -0.131. The maximum absolute atomic E-state index is 12.6. The second kappa shape index (κ2) is 57.7. The number of aliphatic hydroxyl groups is 3. The summed E-state index contributed by atoms with van der Waals surface area (Å²) in [5.74, 6) is -0.463. The van der Waals surface area contributed by atoms with Crippen molar-refractivity contribution in [3.63, 3.8) is 0 Å². The monoisotopic (exact) mass is 946 g/mol. The fourth-order valence-electron chi connectivity index (χ4n) is 10.1. The molecule has 0 aromatic carbocycles. The van der Waals surface area contributed by atoms with E-state index in [4.69, 9.17) is 0 Å². The van der Waals surface area contributed by atoms with E-state index in [2.05, 4.69) is 31.3 Å². The second-order valence-electron chi connectivity index (χ2n) is 21.6. The van der Waals surface area contributed by atoms with E-state index >= 15 is 0 Å². The Hall–Kier alpha value is -0.910. The summed E-state index contributed by atoms with van der Waals surface area (Å²) in [4.78, 5) is 12.6. The first-order valence-electron chi connectivity index (χ1n) is 31.0. The summed E-state index contributed by atoms with van der Waals surface area (Å²) in [6.07, 6.45) is 72.8. The molecule has 0 aromatic heterocycles. The number of hydrogen-bond acceptors (Lipinski definition) is 4. The van der Waals surface area contributed by atoms with Crippen LogP contribution in [0.4, 0.5) is 0 Å². The van der Waals surface area contributed by atoms with Crippen LogP contribution in [-0.2, 0) is 4.79 Å². The van der Waals surface area contributed by atoms with Crippen molar-refractivity contribution in [1.82, 2.24) is 5.32 Å². The van der Waals surface area contributed by atoms with Crippen molar-refractivity contribution >= 4 is 5.91 Å². The fraction of sp³-hybridized carbons (Fsp3) is 0.952. The summed E-state index contributed by atoms with van der Waals surface area (Å²) in [6.45, 7) is 4.28. The maximum Gasteiger partial charge on any atom is 0.249 e. The molecule has 0 heterocycles. The Kier molecular flexibility index (Phi) is 56.9. The summed E-state index contributed by atoms with van der Waals surface area (Å²) >= 11 is 0. The summed E-state index contributed by atoms with van der Waals surface area (Å²) < 4.78 is 0. The second-order valence-corrected chi connectivity index (χ2v) is 21.6. The Balaban J connectivity index is 3.48. The van der Waals surface area contributed by atoms with Gasteiger partial charge in [-0.25, -0.2) is 0 Å². The number of carbonyl (C=O) groups is 1. The van der Waals surface area contributed by atoms with Crippen LogP contribution in [0.2, 0.25) is 0 Å². The van der Waals surface area contributed by atoms with Gasteiger partial charge in [-0.15, -0.1) is 0 Å². The Morgan fingerprint density at radius 1 is 0.343 bits per heavy atom. The van der Waals surface area contributed by atoms with Gasteiger partial charge >= 0.3 is 0 Å². The molecule has 0 fully saturated rings. The van der Waals surface area contributed by atoms with Crippen molar-refractivity contribution in [1.29, 1.82) is 0 Å². The zero-order valence-electron chi connectivity index (χ0n) is 45.8. The topological polar surface area (TPSA) is 89.8 Å². The van der Waals surface area contributed by atoms with E-state index in [1.807, 2.05) is 0 Å². The summed E-state index contributed by atoms with van der Waals surface area (Å²) in [5.41, 5.74) is 0. The van der Waals surface area contributed by atoms with Gasteiger partial charge in [0.05, 0.1) is 18.8 Å². The number of amides is 1. The van der Waals surface area contributed by atoms with Crippen LogP contribution in [0.25, 0.3) is 0 Å². The first-order chi connectivity index (χ1) is 33.1. The molecule has 0 spiro atoms. The van der Waals surface area contributed by atoms with Crippen LogP contribution in [-0.4, -0.2) is 46.1 Å². The number of unbranched alkanes of at least 4 members (excludes halogenated alkanes) is 48. The first kappa shape index (κ1) is 66.1. The predicted molar refractivity (Wildman–Crippen MR) is 296 cm³/mol. The summed E-state index contributed by atoms with van der Waals surface area (Å²) in [7, 11) is 0. The number of rotatable bonds is 58. The summed E-state index contributed by atoms with van der Waals surface area (Å²) in [5, 5.41) is 33.6. The third-order valence-corrected chi connectivity index (χ3v) is 14.9. The molecule has 3 unspecified atom stereocenters. The van der Waals surface area contributed by atoms with Crippen molar-refractivity contribution in [2.24, 2.45) is 0 Å². The number of aliphatic hydroxyl groups excluding tert-OH is 3. The highest BCUT2D eigenvalue weighted by molar-refractivity contribution is 5.80. The van der Waals surface area contributed by atoms with Crippen molar-refractivity contribution < 1.29 is 20.1 Å². The van der Waals surface area contributed by atoms with Crippen molar-refractivity contribution in [3.05, 3.63) is 12.2 Å². The Bertz CT molecular complexity index is 956. The van der Waals surface area contributed by atoms with E-state index < -0.39 is 24.2 Å². The van der Waals surface area contributed by atoms with Gasteiger partial charge in [0.2, 0.25) is 5.91 Å². The molecule has 5 nitrogen and oxygen atoms in total. The van der Waals surface area contributed by atoms with Gasteiger partial charge in [0.25, 0.3) is 0 Å². The first-order valence-corrected chi connectivity index (χ1v) is 31.0. The molecule has 67 heavy (non-hydrogen) atoms. The van der Waals surface area contributed by atoms with Gasteiger partial charge in [-0.05, 0) is 38.5 Å². The zero-order valence-corrected chi connectivity index (χ0v) is 45.8. The van der Waals surface area contributed by atoms with Crippen LogP contribution in [0.15, 0.2) is 12.2 Å². The van der Waals surface area contributed by atoms with Gasteiger partial charge in [-0.3, -0.25) is 4.79 Å². The largest absolute Gasteiger partial charge is 0.394 e. The molecule has 0 aliphatic carbocycles. The molecule has 0 rings (SSSR count). The van der Waals surface area contributed by atoms with Crippen LogP contribution in [0, 0.1) is 0 Å². The molecule has 4 N–H and O–H groups in total. The standard InChI is InChI=1S/C62H123NO4/c1-3-5-7-9-11-13-15-17-19-21-23-25-27-29-30-31-32-33-35-37-39-41-43-45-47-49-51-53-55-57-61(66)62(67)63-59(58-64)60(65)56-54-52-50-48-46-44-42-40-38-36-34-28-26-24-22-20-18-16-14-12-10-8-6-4-2/h29-30,59-61,64-66H,3-28,31-58H2,1-2H3,(H,63,67)/b30-29-. The number of nitrogens with one attached hydrogen (secondary N) is 1. The van der Waals surface area contributed by atoms with Gasteiger partial charge in [0.1, 0.15) is 6.10 Å². The third kappa shape index (κ3) is 52.7. The Morgan fingerprint density at radius 3 is 0.821 bits per heavy atom. The smallest absolute Gasteiger partial charge is 0.249 e. The molecule has 5 heteroatoms. The quantitative estimate of drug-likeness (QED) is 0.0361. The lowest BCUT2D eigenvalue weighted by Gasteiger charge is -2.23. The maximum atomic E-state index is 12.6. The molecule has 0 radical (unpaired) electrons. The van der Waals surface area contributed by atoms with Crippen LogP contribution < -0.4 is 5.32 Å². The Morgan fingerprint density at radius 2 is 0.567 bits per heavy atom. The molecule has 400 valence electrons. The zero-order chi connectivity index (χ0) is 48.6. The van der Waals surface area contributed by atoms with Crippen LogP contribution in [0.1, 0.15) is 354 Å². The van der Waals surface area contributed by atoms with Crippen molar-refractivity contribution in [3.8, 4) is 0 Å². The minimum absolute atomic E-state index is 0.309. The molecule has 0 aliphatic heterocycles. The molecule has 0 bridgehead atoms. The van der Waals surface area contributed by atoms with E-state index in [9.17, 15) is 20.1 Å². The highest BCUT2D eigenvalue weighted by Crippen LogP contribution is 2.19. The molecule has 0 saturated carbocycles. The van der Waals surface area contributed by atoms with Gasteiger partial charge in [-0.2, -0.15) is 0 Å². The van der Waals surface area contributed by atoms with Gasteiger partial charge < -0.3 is 20.6 Å². The predicted octanol–water partition coefficient (Wildman–Crippen LogP) is 19.5. The van der Waals surface area contributed by atoms with Crippen LogP contribution >= 0.6 is 0 Å². The average Bonchev–Trinajstić information content (AvgIpc) is 3.33. The van der Waals surface area contributed by atoms with E-state index in [1.165, 1.54) is 295 Å². The third-order valence-electron chi connectivity index (χ3n) is 14.9. The molecular formula is C62H123NO4. The molecule has 3 atom stereocenters. The van der Waals surface area contributed by atoms with E-state index in [0.29, 0.717) is 12.8 Å². The minimum Gasteiger partial charge on any atom is -0.394 e. The Labute approximate surface area is 420 Å². The number of carbonyl (C=O) groups excluding carboxylic acids is 1. The number of allylic oxidation sites excluding steroid dienone is 2. The highest BCUT2D eigenvalue weighted by Gasteiger charge is 2.23. The van der Waals surface area contributed by atoms with E-state index in [0.717, 1.165) is 32.1 Å². The summed E-state index contributed by atoms with van der Waals surface area (Å²) in [6, 6.07) is -0.711. The fourth-order valence-corrected chi connectivity index (χ4v) is 10.1. The van der Waals surface area contributed by atoms with Gasteiger partial charge in [-0.1, -0.05) is 328 Å². The van der Waals surface area contributed by atoms with Gasteiger partial charge in [0.15, 0.2) is 0 Å². The van der Waals surface area contributed by atoms with Crippen molar-refractivity contribution in [2.45, 2.75) is 372 Å². The normalized spacial score (nSPS) is 13.2. The SMILES string of the molecule is CCCCCCCCCCCCCC/C=C\CCCCCCCCCCCCCCCC(O)C(=O)NC(CO)C(O)CCCCCCCCCCCCCCCCCCCCCCCCCC. The minimum atomic E-state index is -1.07. The average molecular weight is 947 g/mol. The van der Waals surface area contributed by atoms with Gasteiger partial charge in [0, 0.05) is 0 Å². The van der Waals surface area contributed by atoms with Crippen LogP contribution in [0.3, 0.4) is 0 Å². The molecule has 0 aliphatic rings. The van der Waals surface area contributed by atoms with E-state index in [1.54, 1.807) is 0 Å². The van der Waals surface area contributed by atoms with Crippen LogP contribution in [0.5, 0.6) is 0 Å². The lowest BCUT2D eigenvalue weighted by atomic mass is 10.0. The highest BCUT2D eigenvalue weighted by atomic mass is 16.3. The van der Waals surface area contributed by atoms with Crippen molar-refractivity contribution in [2.75, 3.05) is 6.61 Å². The lowest BCUT2D eigenvalue weighted by Crippen LogP contribution is -2.49.